The van der Waals surface area contributed by atoms with Gasteiger partial charge in [-0.15, -0.1) is 0 Å². The fourth-order valence-corrected chi connectivity index (χ4v) is 3.35. The Morgan fingerprint density at radius 2 is 2.08 bits per heavy atom. The zero-order chi connectivity index (χ0) is 17.9. The quantitative estimate of drug-likeness (QED) is 0.762. The third kappa shape index (κ3) is 4.32. The maximum Gasteiger partial charge on any atom is 0.252 e. The van der Waals surface area contributed by atoms with Crippen LogP contribution in [0.4, 0.5) is 11.5 Å². The Morgan fingerprint density at radius 3 is 2.76 bits per heavy atom. The van der Waals surface area contributed by atoms with Gasteiger partial charge in [-0.05, 0) is 31.0 Å². The number of halogens is 1. The average Bonchev–Trinajstić information content (AvgIpc) is 3.00. The largest absolute Gasteiger partial charge is 0.388 e. The van der Waals surface area contributed by atoms with Gasteiger partial charge in [0, 0.05) is 25.3 Å². The molecule has 1 aromatic carbocycles. The normalized spacial score (nSPS) is 16.4. The molecule has 3 N–H and O–H groups in total. The van der Waals surface area contributed by atoms with Gasteiger partial charge in [-0.3, -0.25) is 9.48 Å². The van der Waals surface area contributed by atoms with Crippen LogP contribution in [0.3, 0.4) is 0 Å². The number of amides is 1. The molecule has 1 amide bonds. The van der Waals surface area contributed by atoms with E-state index in [-0.39, 0.29) is 12.5 Å². The molecular weight excluding hydrogens is 340 g/mol. The van der Waals surface area contributed by atoms with Gasteiger partial charge in [0.15, 0.2) is 0 Å². The minimum atomic E-state index is -0.801. The van der Waals surface area contributed by atoms with Gasteiger partial charge in [0.25, 0.3) is 5.91 Å². The maximum atomic E-state index is 12.5. The second kappa shape index (κ2) is 7.45. The first-order valence-electron chi connectivity index (χ1n) is 8.52. The van der Waals surface area contributed by atoms with Gasteiger partial charge >= 0.3 is 0 Å². The topological polar surface area (TPSA) is 79.2 Å². The molecule has 1 aromatic heterocycles. The molecule has 1 fully saturated rings. The van der Waals surface area contributed by atoms with Crippen molar-refractivity contribution in [3.05, 3.63) is 41.0 Å². The predicted octanol–water partition coefficient (Wildman–Crippen LogP) is 3.24. The monoisotopic (exact) mass is 362 g/mol. The number of hydrogen-bond donors (Lipinski definition) is 3. The number of hydrogen-bond acceptors (Lipinski definition) is 4. The molecule has 0 radical (unpaired) electrons. The SMILES string of the molecule is Cn1nccc1Nc1ccc(Cl)c(C(=O)NCC2(O)CCCCC2)c1. The lowest BCUT2D eigenvalue weighted by molar-refractivity contribution is 0.00526. The summed E-state index contributed by atoms with van der Waals surface area (Å²) in [6.07, 6.45) is 6.28. The van der Waals surface area contributed by atoms with E-state index in [9.17, 15) is 9.90 Å². The second-order valence-corrected chi connectivity index (χ2v) is 7.03. The molecule has 0 aliphatic heterocycles. The number of nitrogens with zero attached hydrogens (tertiary/aromatic N) is 2. The molecule has 0 atom stereocenters. The van der Waals surface area contributed by atoms with Crippen molar-refractivity contribution < 1.29 is 9.90 Å². The Bertz CT molecular complexity index is 753. The Balaban J connectivity index is 1.69. The van der Waals surface area contributed by atoms with Crippen LogP contribution in [0.15, 0.2) is 30.5 Å². The van der Waals surface area contributed by atoms with Crippen molar-refractivity contribution in [2.75, 3.05) is 11.9 Å². The lowest BCUT2D eigenvalue weighted by atomic mass is 9.85. The van der Waals surface area contributed by atoms with Crippen LogP contribution < -0.4 is 10.6 Å². The fourth-order valence-electron chi connectivity index (χ4n) is 3.15. The standard InChI is InChI=1S/C18H23ClN4O2/c1-23-16(7-10-21-23)22-13-5-6-15(19)14(11-13)17(24)20-12-18(25)8-3-2-4-9-18/h5-7,10-11,22,25H,2-4,8-9,12H2,1H3,(H,20,24). The molecular formula is C18H23ClN4O2. The van der Waals surface area contributed by atoms with Crippen molar-refractivity contribution in [1.29, 1.82) is 0 Å². The van der Waals surface area contributed by atoms with Crippen LogP contribution >= 0.6 is 11.6 Å². The molecule has 25 heavy (non-hydrogen) atoms. The molecule has 1 saturated carbocycles. The number of aromatic nitrogens is 2. The highest BCUT2D eigenvalue weighted by atomic mass is 35.5. The van der Waals surface area contributed by atoms with Crippen molar-refractivity contribution in [3.8, 4) is 0 Å². The van der Waals surface area contributed by atoms with Gasteiger partial charge in [-0.2, -0.15) is 5.10 Å². The minimum Gasteiger partial charge on any atom is -0.388 e. The van der Waals surface area contributed by atoms with Crippen LogP contribution in [-0.2, 0) is 7.05 Å². The number of nitrogens with one attached hydrogen (secondary N) is 2. The van der Waals surface area contributed by atoms with E-state index in [0.29, 0.717) is 10.6 Å². The zero-order valence-corrected chi connectivity index (χ0v) is 15.0. The van der Waals surface area contributed by atoms with Gasteiger partial charge < -0.3 is 15.7 Å². The van der Waals surface area contributed by atoms with Crippen molar-refractivity contribution in [1.82, 2.24) is 15.1 Å². The lowest BCUT2D eigenvalue weighted by Gasteiger charge is -2.32. The van der Waals surface area contributed by atoms with E-state index in [1.807, 2.05) is 13.1 Å². The van der Waals surface area contributed by atoms with E-state index >= 15 is 0 Å². The summed E-state index contributed by atoms with van der Waals surface area (Å²) in [5.74, 6) is 0.530. The van der Waals surface area contributed by atoms with E-state index in [1.165, 1.54) is 0 Å². The molecule has 0 bridgehead atoms. The van der Waals surface area contributed by atoms with E-state index in [2.05, 4.69) is 15.7 Å². The summed E-state index contributed by atoms with van der Waals surface area (Å²) in [5.41, 5.74) is 0.327. The summed E-state index contributed by atoms with van der Waals surface area (Å²) in [6, 6.07) is 7.04. The van der Waals surface area contributed by atoms with Crippen LogP contribution in [0, 0.1) is 0 Å². The number of benzene rings is 1. The van der Waals surface area contributed by atoms with Crippen LogP contribution in [-0.4, -0.2) is 32.9 Å². The Hall–Kier alpha value is -2.05. The number of carbonyl (C=O) groups excluding carboxylic acids is 1. The highest BCUT2D eigenvalue weighted by Crippen LogP contribution is 2.28. The van der Waals surface area contributed by atoms with Crippen molar-refractivity contribution >= 4 is 29.0 Å². The van der Waals surface area contributed by atoms with E-state index < -0.39 is 5.60 Å². The summed E-state index contributed by atoms with van der Waals surface area (Å²) in [4.78, 5) is 12.5. The van der Waals surface area contributed by atoms with Gasteiger partial charge in [0.2, 0.25) is 0 Å². The van der Waals surface area contributed by atoms with Crippen molar-refractivity contribution in [2.24, 2.45) is 7.05 Å². The highest BCUT2D eigenvalue weighted by Gasteiger charge is 2.29. The first-order valence-corrected chi connectivity index (χ1v) is 8.90. The molecule has 1 aliphatic carbocycles. The Morgan fingerprint density at radius 1 is 1.32 bits per heavy atom. The molecule has 134 valence electrons. The highest BCUT2D eigenvalue weighted by molar-refractivity contribution is 6.34. The van der Waals surface area contributed by atoms with Crippen LogP contribution in [0.1, 0.15) is 42.5 Å². The van der Waals surface area contributed by atoms with Gasteiger partial charge in [-0.1, -0.05) is 30.9 Å². The minimum absolute atomic E-state index is 0.252. The molecule has 3 rings (SSSR count). The zero-order valence-electron chi connectivity index (χ0n) is 14.3. The molecule has 1 heterocycles. The van der Waals surface area contributed by atoms with Crippen molar-refractivity contribution in [2.45, 2.75) is 37.7 Å². The van der Waals surface area contributed by atoms with Crippen LogP contribution in [0.25, 0.3) is 0 Å². The van der Waals surface area contributed by atoms with E-state index in [0.717, 1.165) is 43.6 Å². The number of carbonyl (C=O) groups is 1. The summed E-state index contributed by atoms with van der Waals surface area (Å²) < 4.78 is 1.70. The van der Waals surface area contributed by atoms with Crippen LogP contribution in [0.5, 0.6) is 0 Å². The van der Waals surface area contributed by atoms with Gasteiger partial charge in [0.1, 0.15) is 5.82 Å². The predicted molar refractivity (Wildman–Crippen MR) is 98.3 cm³/mol. The summed E-state index contributed by atoms with van der Waals surface area (Å²) in [7, 11) is 1.83. The summed E-state index contributed by atoms with van der Waals surface area (Å²) in [5, 5.41) is 21.0. The molecule has 0 unspecified atom stereocenters. The molecule has 7 heteroatoms. The summed E-state index contributed by atoms with van der Waals surface area (Å²) >= 11 is 6.19. The third-order valence-electron chi connectivity index (χ3n) is 4.67. The maximum absolute atomic E-state index is 12.5. The molecule has 0 saturated heterocycles. The Labute approximate surface area is 152 Å². The fraction of sp³-hybridized carbons (Fsp3) is 0.444. The van der Waals surface area contributed by atoms with Gasteiger partial charge in [-0.25, -0.2) is 0 Å². The van der Waals surface area contributed by atoms with Crippen LogP contribution in [0.2, 0.25) is 5.02 Å². The third-order valence-corrected chi connectivity index (χ3v) is 5.00. The number of anilines is 2. The molecule has 2 aromatic rings. The van der Waals surface area contributed by atoms with Crippen molar-refractivity contribution in [3.63, 3.8) is 0 Å². The molecule has 6 nitrogen and oxygen atoms in total. The first-order chi connectivity index (χ1) is 12.0. The Kier molecular flexibility index (Phi) is 5.30. The lowest BCUT2D eigenvalue weighted by Crippen LogP contribution is -2.44. The van der Waals surface area contributed by atoms with E-state index in [4.69, 9.17) is 11.6 Å². The molecule has 1 aliphatic rings. The first kappa shape index (κ1) is 17.8. The number of rotatable bonds is 5. The number of aliphatic hydroxyl groups is 1. The van der Waals surface area contributed by atoms with Gasteiger partial charge in [0.05, 0.1) is 22.4 Å². The number of aryl methyl sites for hydroxylation is 1. The smallest absolute Gasteiger partial charge is 0.252 e. The average molecular weight is 363 g/mol. The second-order valence-electron chi connectivity index (χ2n) is 6.63. The molecule has 0 spiro atoms. The van der Waals surface area contributed by atoms with E-state index in [1.54, 1.807) is 29.1 Å². The summed E-state index contributed by atoms with van der Waals surface area (Å²) in [6.45, 7) is 0.252.